The van der Waals surface area contributed by atoms with E-state index in [0.29, 0.717) is 11.5 Å². The number of aliphatic carboxylic acids is 2. The van der Waals surface area contributed by atoms with E-state index in [1.54, 1.807) is 48.5 Å². The molecule has 0 fully saturated rings. The van der Waals surface area contributed by atoms with Crippen LogP contribution in [-0.4, -0.2) is 35.4 Å². The van der Waals surface area contributed by atoms with E-state index in [9.17, 15) is 14.2 Å². The highest BCUT2D eigenvalue weighted by molar-refractivity contribution is 7.24. The second-order valence-electron chi connectivity index (χ2n) is 5.01. The maximum absolute atomic E-state index is 11.6. The Morgan fingerprint density at radius 1 is 0.800 bits per heavy atom. The van der Waals surface area contributed by atoms with Gasteiger partial charge in [0.1, 0.15) is 11.5 Å². The first kappa shape index (κ1) is 18.4. The van der Waals surface area contributed by atoms with Crippen molar-refractivity contribution in [2.45, 2.75) is 5.66 Å². The van der Waals surface area contributed by atoms with Crippen molar-refractivity contribution in [1.82, 2.24) is 0 Å². The van der Waals surface area contributed by atoms with E-state index < -0.39 is 30.8 Å². The Labute approximate surface area is 145 Å². The van der Waals surface area contributed by atoms with E-state index in [1.165, 1.54) is 0 Å². The van der Waals surface area contributed by atoms with E-state index in [0.717, 1.165) is 11.1 Å². The van der Waals surface area contributed by atoms with Gasteiger partial charge in [0.15, 0.2) is 21.7 Å². The molecule has 0 bridgehead atoms. The van der Waals surface area contributed by atoms with E-state index >= 15 is 0 Å². The van der Waals surface area contributed by atoms with Gasteiger partial charge in [0.05, 0.1) is 5.66 Å². The van der Waals surface area contributed by atoms with Crippen LogP contribution in [0.3, 0.4) is 0 Å². The molecular weight excluding hydrogens is 347 g/mol. The van der Waals surface area contributed by atoms with Gasteiger partial charge in [-0.15, -0.1) is 0 Å². The zero-order valence-electron chi connectivity index (χ0n) is 13.0. The van der Waals surface area contributed by atoms with Crippen LogP contribution >= 0.6 is 8.46 Å². The SMILES string of the molecule is O=PC(c1ccc(OCC(=O)O)cc1)c1ccc(OCC(=O)O)cc1. The number of ether oxygens (including phenoxy) is 2. The maximum atomic E-state index is 11.6. The molecule has 25 heavy (non-hydrogen) atoms. The van der Waals surface area contributed by atoms with Gasteiger partial charge < -0.3 is 19.7 Å². The highest BCUT2D eigenvalue weighted by atomic mass is 31.1. The van der Waals surface area contributed by atoms with Crippen molar-refractivity contribution in [3.05, 3.63) is 59.7 Å². The van der Waals surface area contributed by atoms with Crippen LogP contribution in [-0.2, 0) is 14.2 Å². The van der Waals surface area contributed by atoms with Crippen molar-refractivity contribution < 1.29 is 33.8 Å². The normalized spacial score (nSPS) is 10.6. The number of carboxylic acids is 2. The van der Waals surface area contributed by atoms with Gasteiger partial charge in [-0.2, -0.15) is 0 Å². The summed E-state index contributed by atoms with van der Waals surface area (Å²) in [6.45, 7) is -0.860. The second-order valence-corrected chi connectivity index (χ2v) is 5.74. The summed E-state index contributed by atoms with van der Waals surface area (Å²) in [5.41, 5.74) is 1.11. The van der Waals surface area contributed by atoms with Crippen LogP contribution in [0.1, 0.15) is 16.8 Å². The lowest BCUT2D eigenvalue weighted by Crippen LogP contribution is -2.09. The first-order valence-electron chi connectivity index (χ1n) is 7.21. The maximum Gasteiger partial charge on any atom is 0.341 e. The van der Waals surface area contributed by atoms with Gasteiger partial charge in [-0.25, -0.2) is 9.59 Å². The molecule has 0 aliphatic carbocycles. The summed E-state index contributed by atoms with van der Waals surface area (Å²) in [5, 5.41) is 17.2. The number of carboxylic acid groups (broad SMARTS) is 2. The van der Waals surface area contributed by atoms with Crippen LogP contribution in [0.15, 0.2) is 48.5 Å². The van der Waals surface area contributed by atoms with Crippen LogP contribution in [0.5, 0.6) is 11.5 Å². The van der Waals surface area contributed by atoms with E-state index in [4.69, 9.17) is 19.7 Å². The molecule has 0 radical (unpaired) electrons. The third kappa shape index (κ3) is 5.58. The highest BCUT2D eigenvalue weighted by Crippen LogP contribution is 2.35. The molecule has 0 saturated heterocycles. The van der Waals surface area contributed by atoms with E-state index in [-0.39, 0.29) is 8.46 Å². The molecule has 8 heteroatoms. The van der Waals surface area contributed by atoms with Crippen molar-refractivity contribution in [3.8, 4) is 11.5 Å². The van der Waals surface area contributed by atoms with Gasteiger partial charge in [-0.3, -0.25) is 4.57 Å². The lowest BCUT2D eigenvalue weighted by Gasteiger charge is -2.12. The van der Waals surface area contributed by atoms with Crippen molar-refractivity contribution in [3.63, 3.8) is 0 Å². The van der Waals surface area contributed by atoms with E-state index in [2.05, 4.69) is 0 Å². The molecule has 0 unspecified atom stereocenters. The van der Waals surface area contributed by atoms with Gasteiger partial charge in [-0.1, -0.05) is 24.3 Å². The standard InChI is InChI=1S/C17H15O7P/c18-15(19)9-23-13-5-1-11(2-6-13)17(25-22)12-3-7-14(8-4-12)24-10-16(20)21/h1-8,17H,9-10H2,(H,18,19)(H,20,21). The number of rotatable bonds is 9. The Balaban J connectivity index is 2.09. The van der Waals surface area contributed by atoms with Crippen LogP contribution in [0.4, 0.5) is 0 Å². The topological polar surface area (TPSA) is 110 Å². The Kier molecular flexibility index (Phi) is 6.48. The lowest BCUT2D eigenvalue weighted by atomic mass is 10.0. The first-order valence-corrected chi connectivity index (χ1v) is 8.09. The number of hydrogen-bond donors (Lipinski definition) is 2. The summed E-state index contributed by atoms with van der Waals surface area (Å²) in [6.07, 6.45) is 0. The quantitative estimate of drug-likeness (QED) is 0.660. The minimum Gasteiger partial charge on any atom is -0.482 e. The molecule has 2 aromatic carbocycles. The summed E-state index contributed by atoms with van der Waals surface area (Å²) in [6, 6.07) is 13.3. The Bertz CT molecular complexity index is 679. The Hall–Kier alpha value is -2.92. The average molecular weight is 362 g/mol. The fraction of sp³-hybridized carbons (Fsp3) is 0.176. The molecule has 0 heterocycles. The van der Waals surface area contributed by atoms with Crippen molar-refractivity contribution in [2.75, 3.05) is 13.2 Å². The van der Waals surface area contributed by atoms with Crippen molar-refractivity contribution in [1.29, 1.82) is 0 Å². The number of benzene rings is 2. The molecule has 0 spiro atoms. The van der Waals surface area contributed by atoms with Gasteiger partial charge in [0.2, 0.25) is 0 Å². The zero-order chi connectivity index (χ0) is 18.2. The molecule has 0 aliphatic heterocycles. The third-order valence-electron chi connectivity index (χ3n) is 3.22. The van der Waals surface area contributed by atoms with Crippen LogP contribution < -0.4 is 9.47 Å². The number of hydrogen-bond acceptors (Lipinski definition) is 5. The molecule has 0 amide bonds. The second kappa shape index (κ2) is 8.80. The molecular formula is C17H15O7P. The molecule has 0 aliphatic rings. The smallest absolute Gasteiger partial charge is 0.341 e. The lowest BCUT2D eigenvalue weighted by molar-refractivity contribution is -0.140. The largest absolute Gasteiger partial charge is 0.482 e. The summed E-state index contributed by atoms with van der Waals surface area (Å²) < 4.78 is 21.7. The van der Waals surface area contributed by atoms with Gasteiger partial charge in [0.25, 0.3) is 0 Å². The fourth-order valence-corrected chi connectivity index (χ4v) is 2.68. The molecule has 2 aromatic rings. The highest BCUT2D eigenvalue weighted by Gasteiger charge is 2.15. The molecule has 0 atom stereocenters. The molecule has 0 aromatic heterocycles. The molecule has 2 N–H and O–H groups in total. The van der Waals surface area contributed by atoms with E-state index in [1.807, 2.05) is 0 Å². The molecule has 2 rings (SSSR count). The Morgan fingerprint density at radius 2 is 1.16 bits per heavy atom. The summed E-state index contributed by atoms with van der Waals surface area (Å²) in [5.74, 6) is -1.31. The minimum atomic E-state index is -1.06. The molecule has 130 valence electrons. The molecule has 7 nitrogen and oxygen atoms in total. The minimum absolute atomic E-state index is 0.112. The summed E-state index contributed by atoms with van der Waals surface area (Å²) in [7, 11) is -0.112. The fourth-order valence-electron chi connectivity index (χ4n) is 2.10. The average Bonchev–Trinajstić information content (AvgIpc) is 2.61. The van der Waals surface area contributed by atoms with Gasteiger partial charge in [0, 0.05) is 0 Å². The predicted octanol–water partition coefficient (Wildman–Crippen LogP) is 2.99. The first-order chi connectivity index (χ1) is 12.0. The Morgan fingerprint density at radius 3 is 1.44 bits per heavy atom. The zero-order valence-corrected chi connectivity index (χ0v) is 13.9. The van der Waals surface area contributed by atoms with Gasteiger partial charge in [-0.05, 0) is 35.4 Å². The summed E-state index contributed by atoms with van der Waals surface area (Å²) in [4.78, 5) is 21.0. The van der Waals surface area contributed by atoms with Crippen molar-refractivity contribution in [2.24, 2.45) is 0 Å². The predicted molar refractivity (Wildman–Crippen MR) is 88.6 cm³/mol. The number of carbonyl (C=O) groups is 2. The summed E-state index contributed by atoms with van der Waals surface area (Å²) >= 11 is 0. The van der Waals surface area contributed by atoms with Crippen LogP contribution in [0.2, 0.25) is 0 Å². The van der Waals surface area contributed by atoms with Crippen LogP contribution in [0.25, 0.3) is 0 Å². The monoisotopic (exact) mass is 362 g/mol. The third-order valence-corrected chi connectivity index (χ3v) is 4.03. The van der Waals surface area contributed by atoms with Gasteiger partial charge >= 0.3 is 11.9 Å². The molecule has 0 saturated carbocycles. The van der Waals surface area contributed by atoms with Crippen molar-refractivity contribution >= 4 is 20.4 Å². The van der Waals surface area contributed by atoms with Crippen LogP contribution in [0, 0.1) is 0 Å².